The molecule has 0 aliphatic heterocycles. The van der Waals surface area contributed by atoms with Crippen LogP contribution in [0.3, 0.4) is 0 Å². The zero-order valence-electron chi connectivity index (χ0n) is 21.0. The number of H-pyrrole nitrogens is 1. The molecule has 5 rings (SSSR count). The average Bonchev–Trinajstić information content (AvgIpc) is 3.46. The number of rotatable bonds is 6. The third-order valence-corrected chi connectivity index (χ3v) is 8.43. The van der Waals surface area contributed by atoms with Crippen LogP contribution in [0.25, 0.3) is 22.1 Å². The molecule has 35 heavy (non-hydrogen) atoms. The molecule has 0 radical (unpaired) electrons. The van der Waals surface area contributed by atoms with E-state index < -0.39 is 0 Å². The monoisotopic (exact) mass is 471 g/mol. The molecule has 2 atom stereocenters. The van der Waals surface area contributed by atoms with Gasteiger partial charge in [-0.2, -0.15) is 5.26 Å². The Morgan fingerprint density at radius 2 is 2.14 bits per heavy atom. The average molecular weight is 472 g/mol. The molecule has 3 N–H and O–H groups in total. The molecule has 3 aromatic rings. The minimum atomic E-state index is -0.197. The van der Waals surface area contributed by atoms with Crippen LogP contribution in [0.1, 0.15) is 83.5 Å². The molecule has 3 heterocycles. The predicted octanol–water partition coefficient (Wildman–Crippen LogP) is 6.40. The lowest BCUT2D eigenvalue weighted by molar-refractivity contribution is 0.265. The van der Waals surface area contributed by atoms with Gasteiger partial charge in [-0.3, -0.25) is 5.41 Å². The molecular weight excluding hydrogens is 434 g/mol. The molecule has 0 aromatic carbocycles. The van der Waals surface area contributed by atoms with Crippen LogP contribution in [0.15, 0.2) is 30.6 Å². The highest BCUT2D eigenvalue weighted by Gasteiger charge is 2.37. The number of amidine groups is 1. The van der Waals surface area contributed by atoms with Crippen LogP contribution in [0, 0.1) is 34.0 Å². The van der Waals surface area contributed by atoms with E-state index in [0.29, 0.717) is 36.7 Å². The molecule has 0 saturated heterocycles. The van der Waals surface area contributed by atoms with Gasteiger partial charge in [0.25, 0.3) is 0 Å². The van der Waals surface area contributed by atoms with Gasteiger partial charge in [-0.1, -0.05) is 32.4 Å². The van der Waals surface area contributed by atoms with Gasteiger partial charge in [-0.25, -0.2) is 9.97 Å². The Morgan fingerprint density at radius 3 is 2.89 bits per heavy atom. The second-order valence-corrected chi connectivity index (χ2v) is 11.1. The van der Waals surface area contributed by atoms with Crippen LogP contribution in [0.4, 0.5) is 0 Å². The van der Waals surface area contributed by atoms with Gasteiger partial charge in [0, 0.05) is 29.5 Å². The van der Waals surface area contributed by atoms with Crippen molar-refractivity contribution in [2.45, 2.75) is 84.2 Å². The second-order valence-electron chi connectivity index (χ2n) is 11.1. The van der Waals surface area contributed by atoms with Crippen LogP contribution in [-0.4, -0.2) is 25.4 Å². The summed E-state index contributed by atoms with van der Waals surface area (Å²) in [6.07, 6.45) is 12.8. The van der Waals surface area contributed by atoms with Crippen LogP contribution in [0.5, 0.6) is 0 Å². The first kappa shape index (κ1) is 23.6. The number of imidazole rings is 1. The fourth-order valence-electron chi connectivity index (χ4n) is 6.57. The molecule has 2 aliphatic rings. The van der Waals surface area contributed by atoms with Gasteiger partial charge in [0.15, 0.2) is 0 Å². The summed E-state index contributed by atoms with van der Waals surface area (Å²) in [6, 6.07) is 4.78. The molecule has 7 nitrogen and oxygen atoms in total. The van der Waals surface area contributed by atoms with Gasteiger partial charge < -0.3 is 14.9 Å². The van der Waals surface area contributed by atoms with E-state index in [4.69, 9.17) is 15.7 Å². The third kappa shape index (κ3) is 4.47. The normalized spacial score (nSPS) is 27.2. The maximum absolute atomic E-state index is 9.14. The lowest BCUT2D eigenvalue weighted by atomic mass is 9.67. The molecule has 7 heteroatoms. The Morgan fingerprint density at radius 1 is 1.34 bits per heavy atom. The Labute approximate surface area is 207 Å². The quantitative estimate of drug-likeness (QED) is 0.220. The number of allylic oxidation sites excluding steroid dienone is 1. The molecule has 184 valence electrons. The number of hydrogen-bond acceptors (Lipinski definition) is 4. The van der Waals surface area contributed by atoms with Crippen molar-refractivity contribution in [1.82, 2.24) is 24.8 Å². The maximum atomic E-state index is 9.14. The lowest BCUT2D eigenvalue weighted by Gasteiger charge is -2.39. The minimum Gasteiger partial charge on any atom is -0.366 e. The fourth-order valence-corrected chi connectivity index (χ4v) is 6.57. The van der Waals surface area contributed by atoms with Gasteiger partial charge in [0.1, 0.15) is 17.0 Å². The highest BCUT2D eigenvalue weighted by molar-refractivity contribution is 6.01. The van der Waals surface area contributed by atoms with E-state index in [-0.39, 0.29) is 5.41 Å². The van der Waals surface area contributed by atoms with Gasteiger partial charge in [0.05, 0.1) is 30.2 Å². The maximum Gasteiger partial charge on any atom is 0.139 e. The van der Waals surface area contributed by atoms with Crippen molar-refractivity contribution >= 4 is 27.9 Å². The highest BCUT2D eigenvalue weighted by Crippen LogP contribution is 2.43. The lowest BCUT2D eigenvalue weighted by Crippen LogP contribution is -2.42. The number of hydrogen-bond donors (Lipinski definition) is 3. The van der Waals surface area contributed by atoms with Gasteiger partial charge in [0.2, 0.25) is 0 Å². The van der Waals surface area contributed by atoms with E-state index in [9.17, 15) is 0 Å². The smallest absolute Gasteiger partial charge is 0.139 e. The Balaban J connectivity index is 1.44. The number of aromatic nitrogens is 4. The summed E-state index contributed by atoms with van der Waals surface area (Å²) >= 11 is 0. The van der Waals surface area contributed by atoms with Crippen molar-refractivity contribution in [3.8, 4) is 6.07 Å². The molecule has 2 aliphatic carbocycles. The number of nitrogens with zero attached hydrogens (tertiary/aromatic N) is 4. The molecule has 3 aromatic heterocycles. The highest BCUT2D eigenvalue weighted by atomic mass is 15.1. The number of aromatic amines is 1. The van der Waals surface area contributed by atoms with Crippen molar-refractivity contribution in [2.24, 2.45) is 17.3 Å². The van der Waals surface area contributed by atoms with Crippen molar-refractivity contribution in [3.63, 3.8) is 0 Å². The SMILES string of the molecule is C=C1CC(CC)CC(C)(C(=N)NCc2nc3cnc4[nH]ccc4c3n2[C@H]2CC[C@H](CC#N)CC2)C1. The first-order chi connectivity index (χ1) is 16.9. The van der Waals surface area contributed by atoms with Crippen LogP contribution in [0.2, 0.25) is 0 Å². The summed E-state index contributed by atoms with van der Waals surface area (Å²) in [5.74, 6) is 2.66. The van der Waals surface area contributed by atoms with Crippen molar-refractivity contribution < 1.29 is 0 Å². The number of pyridine rings is 1. The summed E-state index contributed by atoms with van der Waals surface area (Å²) in [5, 5.41) is 22.7. The van der Waals surface area contributed by atoms with Crippen molar-refractivity contribution in [2.75, 3.05) is 0 Å². The number of nitriles is 1. The summed E-state index contributed by atoms with van der Waals surface area (Å²) in [4.78, 5) is 12.8. The Bertz CT molecular complexity index is 1280. The number of fused-ring (bicyclic) bond motifs is 3. The summed E-state index contributed by atoms with van der Waals surface area (Å²) in [6.45, 7) is 9.26. The Hall–Kier alpha value is -3.14. The molecule has 0 bridgehead atoms. The molecule has 2 fully saturated rings. The van der Waals surface area contributed by atoms with Gasteiger partial charge in [-0.05, 0) is 62.8 Å². The fraction of sp³-hybridized carbons (Fsp3) is 0.571. The molecule has 0 amide bonds. The van der Waals surface area contributed by atoms with E-state index in [2.05, 4.69) is 52.4 Å². The molecule has 2 saturated carbocycles. The standard InChI is InChI=1S/C28H37N7/c1-4-19-13-18(2)14-28(3,15-19)27(30)33-17-24-34-23-16-32-26-22(10-12-31-26)25(23)35(24)21-7-5-20(6-8-21)9-11-29/h10,12,16,19-21H,2,4-9,13-15,17H2,1,3H3,(H2,30,33)(H,31,32)/t19?,20-,21-,28?. The molecule has 2 unspecified atom stereocenters. The minimum absolute atomic E-state index is 0.197. The zero-order chi connectivity index (χ0) is 24.6. The van der Waals surface area contributed by atoms with E-state index in [1.165, 1.54) is 5.57 Å². The van der Waals surface area contributed by atoms with Crippen LogP contribution >= 0.6 is 0 Å². The zero-order valence-corrected chi connectivity index (χ0v) is 21.0. The van der Waals surface area contributed by atoms with Gasteiger partial charge >= 0.3 is 0 Å². The van der Waals surface area contributed by atoms with Crippen LogP contribution in [-0.2, 0) is 6.54 Å². The largest absolute Gasteiger partial charge is 0.366 e. The predicted molar refractivity (Wildman–Crippen MR) is 140 cm³/mol. The van der Waals surface area contributed by atoms with E-state index in [1.807, 2.05) is 12.4 Å². The van der Waals surface area contributed by atoms with Crippen molar-refractivity contribution in [1.29, 1.82) is 10.7 Å². The van der Waals surface area contributed by atoms with E-state index in [0.717, 1.165) is 79.3 Å². The van der Waals surface area contributed by atoms with E-state index in [1.54, 1.807) is 0 Å². The number of nitrogens with one attached hydrogen (secondary N) is 3. The summed E-state index contributed by atoms with van der Waals surface area (Å²) in [5.41, 5.74) is 3.98. The summed E-state index contributed by atoms with van der Waals surface area (Å²) < 4.78 is 2.41. The first-order valence-corrected chi connectivity index (χ1v) is 13.1. The van der Waals surface area contributed by atoms with Crippen molar-refractivity contribution in [3.05, 3.63) is 36.4 Å². The topological polar surface area (TPSA) is 106 Å². The van der Waals surface area contributed by atoms with Crippen LogP contribution < -0.4 is 5.32 Å². The summed E-state index contributed by atoms with van der Waals surface area (Å²) in [7, 11) is 0. The second kappa shape index (κ2) is 9.49. The van der Waals surface area contributed by atoms with E-state index >= 15 is 0 Å². The Kier molecular flexibility index (Phi) is 6.39. The molecule has 0 spiro atoms. The van der Waals surface area contributed by atoms with Gasteiger partial charge in [-0.15, -0.1) is 0 Å². The molecular formula is C28H37N7. The third-order valence-electron chi connectivity index (χ3n) is 8.43. The first-order valence-electron chi connectivity index (χ1n) is 13.1.